The van der Waals surface area contributed by atoms with Crippen molar-refractivity contribution in [1.82, 2.24) is 4.98 Å². The van der Waals surface area contributed by atoms with Gasteiger partial charge in [0.25, 0.3) is 0 Å². The molecule has 0 aromatic carbocycles. The highest BCUT2D eigenvalue weighted by molar-refractivity contribution is 7.16. The summed E-state index contributed by atoms with van der Waals surface area (Å²) in [5.41, 5.74) is 0. The number of hydrogen-bond donors (Lipinski definition) is 1. The molecule has 1 aromatic heterocycles. The topological polar surface area (TPSA) is 48.7 Å². The Hall–Kier alpha value is -1.08. The van der Waals surface area contributed by atoms with Gasteiger partial charge in [-0.05, 0) is 13.8 Å². The van der Waals surface area contributed by atoms with E-state index in [-0.39, 0.29) is 0 Å². The van der Waals surface area contributed by atoms with Crippen molar-refractivity contribution in [2.45, 2.75) is 19.9 Å². The molecule has 0 radical (unpaired) electrons. The monoisotopic (exact) mass is 167 g/mol. The molecule has 0 bridgehead atoms. The molecule has 0 saturated carbocycles. The van der Waals surface area contributed by atoms with Gasteiger partial charge in [-0.1, -0.05) is 11.3 Å². The summed E-state index contributed by atoms with van der Waals surface area (Å²) in [5, 5.41) is 12.4. The number of aromatic nitrogens is 1. The molecule has 3 nitrogen and oxygen atoms in total. The summed E-state index contributed by atoms with van der Waals surface area (Å²) in [4.78, 5) is 4.66. The van der Waals surface area contributed by atoms with Crippen molar-refractivity contribution in [3.8, 4) is 6.07 Å². The van der Waals surface area contributed by atoms with Gasteiger partial charge < -0.3 is 5.32 Å². The van der Waals surface area contributed by atoms with Gasteiger partial charge in [-0.25, -0.2) is 4.98 Å². The predicted octanol–water partition coefficient (Wildman–Crippen LogP) is 1.84. The largest absolute Gasteiger partial charge is 0.359 e. The van der Waals surface area contributed by atoms with Crippen LogP contribution in [0.15, 0.2) is 6.20 Å². The van der Waals surface area contributed by atoms with Crippen LogP contribution in [0.2, 0.25) is 0 Å². The van der Waals surface area contributed by atoms with Crippen LogP contribution in [0.5, 0.6) is 0 Å². The second kappa shape index (κ2) is 3.35. The number of rotatable bonds is 2. The Kier molecular flexibility index (Phi) is 2.44. The van der Waals surface area contributed by atoms with E-state index in [2.05, 4.69) is 10.3 Å². The highest BCUT2D eigenvalue weighted by Gasteiger charge is 2.00. The lowest BCUT2D eigenvalue weighted by molar-refractivity contribution is 0.896. The number of hydrogen-bond acceptors (Lipinski definition) is 4. The van der Waals surface area contributed by atoms with Crippen molar-refractivity contribution < 1.29 is 0 Å². The molecule has 0 aliphatic heterocycles. The van der Waals surface area contributed by atoms with E-state index >= 15 is 0 Å². The first kappa shape index (κ1) is 8.02. The van der Waals surface area contributed by atoms with Crippen molar-refractivity contribution >= 4 is 16.5 Å². The number of nitriles is 1. The molecule has 0 saturated heterocycles. The zero-order valence-corrected chi connectivity index (χ0v) is 7.27. The van der Waals surface area contributed by atoms with E-state index in [1.54, 1.807) is 6.20 Å². The number of nitrogens with one attached hydrogen (secondary N) is 1. The molecule has 11 heavy (non-hydrogen) atoms. The Bertz CT molecular complexity index is 271. The quantitative estimate of drug-likeness (QED) is 0.731. The summed E-state index contributed by atoms with van der Waals surface area (Å²) in [6, 6.07) is 2.40. The molecule has 1 aromatic rings. The standard InChI is InChI=1S/C7H9N3S/c1-5(2)10-7-9-4-6(3-8)11-7/h4-5H,1-2H3,(H,9,10). The number of anilines is 1. The molecule has 0 atom stereocenters. The molecule has 0 aliphatic carbocycles. The molecule has 0 spiro atoms. The summed E-state index contributed by atoms with van der Waals surface area (Å²) in [6.45, 7) is 4.07. The lowest BCUT2D eigenvalue weighted by atomic mass is 10.4. The minimum atomic E-state index is 0.368. The minimum absolute atomic E-state index is 0.368. The van der Waals surface area contributed by atoms with Gasteiger partial charge in [0.15, 0.2) is 5.13 Å². The fourth-order valence-corrected chi connectivity index (χ4v) is 1.40. The predicted molar refractivity (Wildman–Crippen MR) is 45.6 cm³/mol. The summed E-state index contributed by atoms with van der Waals surface area (Å²) in [5.74, 6) is 0. The van der Waals surface area contributed by atoms with Crippen molar-refractivity contribution in [3.63, 3.8) is 0 Å². The molecule has 0 amide bonds. The molecule has 0 fully saturated rings. The third kappa shape index (κ3) is 2.20. The second-order valence-electron chi connectivity index (χ2n) is 2.44. The van der Waals surface area contributed by atoms with Crippen LogP contribution in [0.1, 0.15) is 18.7 Å². The van der Waals surface area contributed by atoms with Gasteiger partial charge in [0, 0.05) is 6.04 Å². The van der Waals surface area contributed by atoms with Crippen molar-refractivity contribution in [3.05, 3.63) is 11.1 Å². The van der Waals surface area contributed by atoms with Gasteiger partial charge in [-0.2, -0.15) is 5.26 Å². The van der Waals surface area contributed by atoms with Gasteiger partial charge in [-0.15, -0.1) is 0 Å². The maximum atomic E-state index is 8.48. The molecule has 4 heteroatoms. The van der Waals surface area contributed by atoms with Gasteiger partial charge >= 0.3 is 0 Å². The van der Waals surface area contributed by atoms with E-state index in [0.717, 1.165) is 5.13 Å². The number of thiazole rings is 1. The van der Waals surface area contributed by atoms with Crippen LogP contribution in [-0.2, 0) is 0 Å². The van der Waals surface area contributed by atoms with Crippen molar-refractivity contribution in [1.29, 1.82) is 5.26 Å². The maximum absolute atomic E-state index is 8.48. The first-order valence-electron chi connectivity index (χ1n) is 3.35. The Morgan fingerprint density at radius 2 is 2.45 bits per heavy atom. The molecular formula is C7H9N3S. The lowest BCUT2D eigenvalue weighted by Crippen LogP contribution is -2.08. The SMILES string of the molecule is CC(C)Nc1ncc(C#N)s1. The minimum Gasteiger partial charge on any atom is -0.359 e. The first-order valence-corrected chi connectivity index (χ1v) is 4.16. The highest BCUT2D eigenvalue weighted by Crippen LogP contribution is 2.17. The van der Waals surface area contributed by atoms with Gasteiger partial charge in [0.1, 0.15) is 10.9 Å². The summed E-state index contributed by atoms with van der Waals surface area (Å²) < 4.78 is 0. The third-order valence-corrected chi connectivity index (χ3v) is 1.86. The fraction of sp³-hybridized carbons (Fsp3) is 0.429. The van der Waals surface area contributed by atoms with Gasteiger partial charge in [0.05, 0.1) is 6.20 Å². The summed E-state index contributed by atoms with van der Waals surface area (Å²) in [6.07, 6.45) is 1.58. The zero-order chi connectivity index (χ0) is 8.27. The van der Waals surface area contributed by atoms with E-state index in [4.69, 9.17) is 5.26 Å². The molecule has 0 unspecified atom stereocenters. The molecule has 58 valence electrons. The molecule has 1 heterocycles. The van der Waals surface area contributed by atoms with Crippen LogP contribution in [0.25, 0.3) is 0 Å². The van der Waals surface area contributed by atoms with E-state index in [1.807, 2.05) is 19.9 Å². The third-order valence-electron chi connectivity index (χ3n) is 1.03. The Labute approximate surface area is 69.7 Å². The van der Waals surface area contributed by atoms with Crippen molar-refractivity contribution in [2.75, 3.05) is 5.32 Å². The van der Waals surface area contributed by atoms with Crippen LogP contribution in [0.4, 0.5) is 5.13 Å². The normalized spacial score (nSPS) is 9.64. The van der Waals surface area contributed by atoms with E-state index < -0.39 is 0 Å². The van der Waals surface area contributed by atoms with E-state index in [0.29, 0.717) is 10.9 Å². The van der Waals surface area contributed by atoms with Gasteiger partial charge in [-0.3, -0.25) is 0 Å². The molecular weight excluding hydrogens is 158 g/mol. The summed E-state index contributed by atoms with van der Waals surface area (Å²) in [7, 11) is 0. The second-order valence-corrected chi connectivity index (χ2v) is 3.47. The molecule has 1 N–H and O–H groups in total. The number of nitrogens with zero attached hydrogens (tertiary/aromatic N) is 2. The Morgan fingerprint density at radius 3 is 2.91 bits per heavy atom. The molecule has 1 rings (SSSR count). The van der Waals surface area contributed by atoms with Crippen molar-refractivity contribution in [2.24, 2.45) is 0 Å². The highest BCUT2D eigenvalue weighted by atomic mass is 32.1. The fourth-order valence-electron chi connectivity index (χ4n) is 0.639. The van der Waals surface area contributed by atoms with E-state index in [9.17, 15) is 0 Å². The Balaban J connectivity index is 2.67. The van der Waals surface area contributed by atoms with Crippen LogP contribution < -0.4 is 5.32 Å². The first-order chi connectivity index (χ1) is 5.22. The molecule has 0 aliphatic rings. The average Bonchev–Trinajstić information content (AvgIpc) is 2.34. The van der Waals surface area contributed by atoms with Gasteiger partial charge in [0.2, 0.25) is 0 Å². The lowest BCUT2D eigenvalue weighted by Gasteiger charge is -2.03. The van der Waals surface area contributed by atoms with Crippen LogP contribution in [0, 0.1) is 11.3 Å². The van der Waals surface area contributed by atoms with Crippen LogP contribution in [0.3, 0.4) is 0 Å². The smallest absolute Gasteiger partial charge is 0.184 e. The van der Waals surface area contributed by atoms with Crippen LogP contribution in [-0.4, -0.2) is 11.0 Å². The maximum Gasteiger partial charge on any atom is 0.184 e. The van der Waals surface area contributed by atoms with Crippen LogP contribution >= 0.6 is 11.3 Å². The summed E-state index contributed by atoms with van der Waals surface area (Å²) >= 11 is 1.38. The zero-order valence-electron chi connectivity index (χ0n) is 6.46. The van der Waals surface area contributed by atoms with E-state index in [1.165, 1.54) is 11.3 Å². The Morgan fingerprint density at radius 1 is 1.73 bits per heavy atom. The average molecular weight is 167 g/mol.